The summed E-state index contributed by atoms with van der Waals surface area (Å²) in [5, 5.41) is 0.520. The van der Waals surface area contributed by atoms with E-state index in [1.807, 2.05) is 0 Å². The van der Waals surface area contributed by atoms with Crippen LogP contribution in [0.2, 0.25) is 0 Å². The third-order valence-corrected chi connectivity index (χ3v) is 4.43. The lowest BCUT2D eigenvalue weighted by Crippen LogP contribution is -2.04. The molecule has 2 nitrogen and oxygen atoms in total. The summed E-state index contributed by atoms with van der Waals surface area (Å²) >= 11 is 4.25. The molecule has 6 heteroatoms. The van der Waals surface area contributed by atoms with Crippen LogP contribution < -0.4 is 5.73 Å². The number of hydrogen-bond donors (Lipinski definition) is 1. The predicted octanol–water partition coefficient (Wildman–Crippen LogP) is 3.77. The fourth-order valence-corrected chi connectivity index (χ4v) is 2.85. The van der Waals surface area contributed by atoms with Crippen molar-refractivity contribution >= 4 is 27.7 Å². The van der Waals surface area contributed by atoms with Gasteiger partial charge in [-0.2, -0.15) is 0 Å². The smallest absolute Gasteiger partial charge is 0.140 e. The second-order valence-electron chi connectivity index (χ2n) is 3.82. The van der Waals surface area contributed by atoms with Crippen molar-refractivity contribution in [3.8, 4) is 0 Å². The number of pyridine rings is 1. The minimum absolute atomic E-state index is 0.0554. The van der Waals surface area contributed by atoms with Gasteiger partial charge >= 0.3 is 0 Å². The summed E-state index contributed by atoms with van der Waals surface area (Å²) in [7, 11) is 0. The average Bonchev–Trinajstić information content (AvgIpc) is 2.36. The molecule has 0 saturated heterocycles. The topological polar surface area (TPSA) is 38.9 Å². The van der Waals surface area contributed by atoms with Gasteiger partial charge in [0.15, 0.2) is 0 Å². The maximum Gasteiger partial charge on any atom is 0.140 e. The maximum absolute atomic E-state index is 13.9. The van der Waals surface area contributed by atoms with Gasteiger partial charge in [-0.3, -0.25) is 0 Å². The Kier molecular flexibility index (Phi) is 4.90. The van der Waals surface area contributed by atoms with E-state index in [0.29, 0.717) is 28.0 Å². The molecule has 19 heavy (non-hydrogen) atoms. The highest BCUT2D eigenvalue weighted by Crippen LogP contribution is 2.35. The number of hydrogen-bond acceptors (Lipinski definition) is 3. The van der Waals surface area contributed by atoms with Crippen LogP contribution in [0.4, 0.5) is 8.78 Å². The third kappa shape index (κ3) is 3.52. The van der Waals surface area contributed by atoms with Crippen molar-refractivity contribution in [2.24, 2.45) is 5.73 Å². The van der Waals surface area contributed by atoms with E-state index in [4.69, 9.17) is 5.73 Å². The Morgan fingerprint density at radius 3 is 2.53 bits per heavy atom. The first-order valence-electron chi connectivity index (χ1n) is 5.58. The van der Waals surface area contributed by atoms with Crippen LogP contribution in [-0.4, -0.2) is 11.5 Å². The first-order chi connectivity index (χ1) is 9.11. The Bertz CT molecular complexity index is 570. The SMILES string of the molecule is NCCc1cc(F)c(Sc2ncccc2Br)c(F)c1. The van der Waals surface area contributed by atoms with Crippen molar-refractivity contribution in [1.82, 2.24) is 4.98 Å². The van der Waals surface area contributed by atoms with Crippen molar-refractivity contribution in [2.75, 3.05) is 6.54 Å². The van der Waals surface area contributed by atoms with E-state index in [0.717, 1.165) is 11.8 Å². The van der Waals surface area contributed by atoms with E-state index in [2.05, 4.69) is 20.9 Å². The first-order valence-corrected chi connectivity index (χ1v) is 7.19. The normalized spacial score (nSPS) is 10.7. The van der Waals surface area contributed by atoms with Crippen molar-refractivity contribution in [2.45, 2.75) is 16.3 Å². The zero-order chi connectivity index (χ0) is 13.8. The highest BCUT2D eigenvalue weighted by Gasteiger charge is 2.14. The van der Waals surface area contributed by atoms with Crippen LogP contribution >= 0.6 is 27.7 Å². The molecule has 100 valence electrons. The van der Waals surface area contributed by atoms with E-state index in [1.54, 1.807) is 18.3 Å². The van der Waals surface area contributed by atoms with Crippen molar-refractivity contribution in [3.05, 3.63) is 52.1 Å². The molecule has 2 rings (SSSR count). The van der Waals surface area contributed by atoms with Crippen LogP contribution in [0.3, 0.4) is 0 Å². The van der Waals surface area contributed by atoms with E-state index in [-0.39, 0.29) is 4.90 Å². The number of benzene rings is 1. The lowest BCUT2D eigenvalue weighted by molar-refractivity contribution is 0.537. The summed E-state index contributed by atoms with van der Waals surface area (Å²) in [6.07, 6.45) is 2.03. The van der Waals surface area contributed by atoms with Crippen molar-refractivity contribution in [3.63, 3.8) is 0 Å². The maximum atomic E-state index is 13.9. The number of aromatic nitrogens is 1. The second kappa shape index (κ2) is 6.45. The lowest BCUT2D eigenvalue weighted by atomic mass is 10.1. The van der Waals surface area contributed by atoms with Gasteiger partial charge in [0, 0.05) is 6.20 Å². The minimum atomic E-state index is -0.592. The molecule has 0 aliphatic rings. The Morgan fingerprint density at radius 2 is 1.95 bits per heavy atom. The minimum Gasteiger partial charge on any atom is -0.330 e. The summed E-state index contributed by atoms with van der Waals surface area (Å²) < 4.78 is 28.5. The zero-order valence-corrected chi connectivity index (χ0v) is 12.3. The summed E-state index contributed by atoms with van der Waals surface area (Å²) in [6, 6.07) is 6.14. The summed E-state index contributed by atoms with van der Waals surface area (Å²) in [5.74, 6) is -1.18. The molecule has 1 heterocycles. The predicted molar refractivity (Wildman–Crippen MR) is 75.2 cm³/mol. The number of rotatable bonds is 4. The van der Waals surface area contributed by atoms with Crippen LogP contribution in [0, 0.1) is 11.6 Å². The lowest BCUT2D eigenvalue weighted by Gasteiger charge is -2.08. The molecular weight excluding hydrogens is 334 g/mol. The van der Waals surface area contributed by atoms with Gasteiger partial charge in [-0.05, 0) is 58.7 Å². The molecule has 2 N–H and O–H groups in total. The van der Waals surface area contributed by atoms with Gasteiger partial charge in [0.2, 0.25) is 0 Å². The Balaban J connectivity index is 2.33. The van der Waals surface area contributed by atoms with Gasteiger partial charge in [0.1, 0.15) is 16.7 Å². The van der Waals surface area contributed by atoms with E-state index in [1.165, 1.54) is 12.1 Å². The van der Waals surface area contributed by atoms with E-state index in [9.17, 15) is 8.78 Å². The summed E-state index contributed by atoms with van der Waals surface area (Å²) in [6.45, 7) is 0.358. The number of nitrogens with zero attached hydrogens (tertiary/aromatic N) is 1. The van der Waals surface area contributed by atoms with Crippen LogP contribution in [0.5, 0.6) is 0 Å². The van der Waals surface area contributed by atoms with Gasteiger partial charge in [-0.1, -0.05) is 11.8 Å². The molecule has 0 saturated carbocycles. The molecular formula is C13H11BrF2N2S. The van der Waals surface area contributed by atoms with Gasteiger partial charge in [0.05, 0.1) is 9.37 Å². The fraction of sp³-hybridized carbons (Fsp3) is 0.154. The standard InChI is InChI=1S/C13H11BrF2N2S/c14-9-2-1-5-18-13(9)19-12-10(15)6-8(3-4-17)7-11(12)16/h1-2,5-7H,3-4,17H2. The molecule has 0 bridgehead atoms. The molecule has 0 spiro atoms. The zero-order valence-electron chi connectivity index (χ0n) is 9.87. The molecule has 0 unspecified atom stereocenters. The quantitative estimate of drug-likeness (QED) is 0.917. The molecule has 2 aromatic rings. The molecule has 1 aromatic heterocycles. The molecule has 0 aliphatic heterocycles. The number of nitrogens with two attached hydrogens (primary N) is 1. The van der Waals surface area contributed by atoms with Crippen LogP contribution in [-0.2, 0) is 6.42 Å². The molecule has 0 fully saturated rings. The summed E-state index contributed by atoms with van der Waals surface area (Å²) in [4.78, 5) is 4.02. The van der Waals surface area contributed by atoms with Crippen LogP contribution in [0.15, 0.2) is 44.9 Å². The van der Waals surface area contributed by atoms with Gasteiger partial charge < -0.3 is 5.73 Å². The van der Waals surface area contributed by atoms with Crippen molar-refractivity contribution < 1.29 is 8.78 Å². The average molecular weight is 345 g/mol. The Hall–Kier alpha value is -0.980. The molecule has 0 atom stereocenters. The molecule has 0 radical (unpaired) electrons. The Morgan fingerprint density at radius 1 is 1.26 bits per heavy atom. The molecule has 0 amide bonds. The van der Waals surface area contributed by atoms with Crippen molar-refractivity contribution in [1.29, 1.82) is 0 Å². The van der Waals surface area contributed by atoms with E-state index < -0.39 is 11.6 Å². The molecule has 1 aromatic carbocycles. The van der Waals surface area contributed by atoms with E-state index >= 15 is 0 Å². The number of halogens is 3. The van der Waals surface area contributed by atoms with Crippen LogP contribution in [0.25, 0.3) is 0 Å². The second-order valence-corrected chi connectivity index (χ2v) is 5.67. The highest BCUT2D eigenvalue weighted by atomic mass is 79.9. The van der Waals surface area contributed by atoms with Crippen LogP contribution in [0.1, 0.15) is 5.56 Å². The van der Waals surface area contributed by atoms with Gasteiger partial charge in [-0.25, -0.2) is 13.8 Å². The third-order valence-electron chi connectivity index (χ3n) is 2.41. The molecule has 0 aliphatic carbocycles. The Labute approximate surface area is 122 Å². The highest BCUT2D eigenvalue weighted by molar-refractivity contribution is 9.10. The fourth-order valence-electron chi connectivity index (χ4n) is 1.56. The largest absolute Gasteiger partial charge is 0.330 e. The van der Waals surface area contributed by atoms with Gasteiger partial charge in [0.25, 0.3) is 0 Å². The monoisotopic (exact) mass is 344 g/mol. The first kappa shape index (κ1) is 14.4. The van der Waals surface area contributed by atoms with Gasteiger partial charge in [-0.15, -0.1) is 0 Å². The summed E-state index contributed by atoms with van der Waals surface area (Å²) in [5.41, 5.74) is 5.93.